The summed E-state index contributed by atoms with van der Waals surface area (Å²) in [5, 5.41) is 13.6. The van der Waals surface area contributed by atoms with Gasteiger partial charge in [-0.25, -0.2) is 4.39 Å². The molecule has 1 aliphatic carbocycles. The van der Waals surface area contributed by atoms with Crippen molar-refractivity contribution in [3.8, 4) is 5.88 Å². The molecule has 6 nitrogen and oxygen atoms in total. The summed E-state index contributed by atoms with van der Waals surface area (Å²) in [7, 11) is 1.33. The van der Waals surface area contributed by atoms with Gasteiger partial charge in [0.1, 0.15) is 11.6 Å². The van der Waals surface area contributed by atoms with Gasteiger partial charge in [-0.15, -0.1) is 0 Å². The summed E-state index contributed by atoms with van der Waals surface area (Å²) in [5.74, 6) is -2.11. The number of amides is 1. The summed E-state index contributed by atoms with van der Waals surface area (Å²) >= 11 is 0. The van der Waals surface area contributed by atoms with Gasteiger partial charge >= 0.3 is 6.18 Å². The SMILES string of the molecule is CNc1nc(OCC(=O)N[C@H]2CCc3ccccc32)cc(C(F)(F)F)c1C(=N)c1ccccc1F. The van der Waals surface area contributed by atoms with Gasteiger partial charge in [0, 0.05) is 18.7 Å². The fourth-order valence-electron chi connectivity index (χ4n) is 4.13. The average Bonchev–Trinajstić information content (AvgIpc) is 3.24. The van der Waals surface area contributed by atoms with Gasteiger partial charge in [0.05, 0.1) is 22.9 Å². The van der Waals surface area contributed by atoms with Gasteiger partial charge in [0.15, 0.2) is 6.61 Å². The minimum absolute atomic E-state index is 0.197. The van der Waals surface area contributed by atoms with Crippen molar-refractivity contribution in [1.29, 1.82) is 5.41 Å². The van der Waals surface area contributed by atoms with Crippen LogP contribution in [0.3, 0.4) is 0 Å². The molecule has 4 rings (SSSR count). The Morgan fingerprint density at radius 1 is 1.17 bits per heavy atom. The summed E-state index contributed by atoms with van der Waals surface area (Å²) in [6.45, 7) is -0.545. The number of nitrogens with one attached hydrogen (secondary N) is 3. The van der Waals surface area contributed by atoms with Crippen LogP contribution < -0.4 is 15.4 Å². The molecule has 0 fully saturated rings. The third kappa shape index (κ3) is 5.11. The molecule has 1 atom stereocenters. The van der Waals surface area contributed by atoms with Crippen LogP contribution in [0.4, 0.5) is 23.4 Å². The second kappa shape index (κ2) is 9.73. The van der Waals surface area contributed by atoms with Crippen molar-refractivity contribution in [3.05, 3.63) is 88.2 Å². The fourth-order valence-corrected chi connectivity index (χ4v) is 4.13. The first-order chi connectivity index (χ1) is 16.7. The Labute approximate surface area is 198 Å². The zero-order valence-corrected chi connectivity index (χ0v) is 18.7. The molecule has 182 valence electrons. The van der Waals surface area contributed by atoms with Gasteiger partial charge in [-0.3, -0.25) is 10.2 Å². The monoisotopic (exact) mass is 486 g/mol. The largest absolute Gasteiger partial charge is 0.467 e. The molecule has 0 radical (unpaired) electrons. The standard InChI is InChI=1S/C25H22F4N4O2/c1-31-24-22(23(30)16-8-4-5-9-18(16)26)17(25(27,28)29)12-21(33-24)35-13-20(34)32-19-11-10-14-6-2-3-7-15(14)19/h2-9,12,19,30H,10-11,13H2,1H3,(H,31,33)(H,32,34)/t19-/m0/s1. The molecule has 0 aliphatic heterocycles. The molecule has 3 aromatic rings. The second-order valence-corrected chi connectivity index (χ2v) is 7.98. The van der Waals surface area contributed by atoms with Crippen molar-refractivity contribution in [3.63, 3.8) is 0 Å². The molecule has 0 spiro atoms. The number of rotatable bonds is 7. The Hall–Kier alpha value is -3.95. The number of nitrogens with zero attached hydrogens (tertiary/aromatic N) is 1. The number of carbonyl (C=O) groups is 1. The van der Waals surface area contributed by atoms with Gasteiger partial charge < -0.3 is 15.4 Å². The molecule has 0 bridgehead atoms. The van der Waals surface area contributed by atoms with Gasteiger partial charge in [0.2, 0.25) is 5.88 Å². The molecular weight excluding hydrogens is 464 g/mol. The zero-order valence-electron chi connectivity index (χ0n) is 18.7. The van der Waals surface area contributed by atoms with Crippen LogP contribution in [0, 0.1) is 11.2 Å². The molecule has 3 N–H and O–H groups in total. The van der Waals surface area contributed by atoms with Crippen molar-refractivity contribution in [1.82, 2.24) is 10.3 Å². The molecule has 0 unspecified atom stereocenters. The number of halogens is 4. The number of alkyl halides is 3. The van der Waals surface area contributed by atoms with E-state index < -0.39 is 47.2 Å². The summed E-state index contributed by atoms with van der Waals surface area (Å²) < 4.78 is 61.4. The van der Waals surface area contributed by atoms with Crippen LogP contribution >= 0.6 is 0 Å². The van der Waals surface area contributed by atoms with Crippen LogP contribution in [-0.4, -0.2) is 30.3 Å². The highest BCUT2D eigenvalue weighted by atomic mass is 19.4. The van der Waals surface area contributed by atoms with E-state index in [0.717, 1.165) is 30.0 Å². The third-order valence-corrected chi connectivity index (χ3v) is 5.75. The molecule has 0 saturated heterocycles. The number of carbonyl (C=O) groups excluding carboxylic acids is 1. The van der Waals surface area contributed by atoms with E-state index in [9.17, 15) is 22.4 Å². The number of benzene rings is 2. The number of hydrogen-bond donors (Lipinski definition) is 3. The van der Waals surface area contributed by atoms with Crippen LogP contribution in [0.25, 0.3) is 0 Å². The molecule has 1 amide bonds. The molecule has 1 aliphatic rings. The van der Waals surface area contributed by atoms with Crippen LogP contribution in [0.2, 0.25) is 0 Å². The summed E-state index contributed by atoms with van der Waals surface area (Å²) in [4.78, 5) is 16.4. The minimum atomic E-state index is -4.89. The fraction of sp³-hybridized carbons (Fsp3) is 0.240. The van der Waals surface area contributed by atoms with Gasteiger partial charge in [-0.1, -0.05) is 36.4 Å². The third-order valence-electron chi connectivity index (χ3n) is 5.75. The Morgan fingerprint density at radius 3 is 2.60 bits per heavy atom. The quantitative estimate of drug-likeness (QED) is 0.328. The first kappa shape index (κ1) is 24.2. The minimum Gasteiger partial charge on any atom is -0.467 e. The molecule has 10 heteroatoms. The zero-order chi connectivity index (χ0) is 25.2. The Kier molecular flexibility index (Phi) is 6.72. The van der Waals surface area contributed by atoms with Gasteiger partial charge in [0.25, 0.3) is 5.91 Å². The highest BCUT2D eigenvalue weighted by molar-refractivity contribution is 6.14. The lowest BCUT2D eigenvalue weighted by atomic mass is 9.97. The number of ether oxygens (including phenoxy) is 1. The smallest absolute Gasteiger partial charge is 0.417 e. The summed E-state index contributed by atoms with van der Waals surface area (Å²) in [5.41, 5.74) is -0.694. The van der Waals surface area contributed by atoms with Crippen LogP contribution in [-0.2, 0) is 17.4 Å². The van der Waals surface area contributed by atoms with Crippen molar-refractivity contribution >= 4 is 17.4 Å². The number of pyridine rings is 1. The number of aryl methyl sites for hydroxylation is 1. The number of aromatic nitrogens is 1. The molecule has 0 saturated carbocycles. The Balaban J connectivity index is 1.57. The number of hydrogen-bond acceptors (Lipinski definition) is 5. The van der Waals surface area contributed by atoms with E-state index in [4.69, 9.17) is 10.1 Å². The molecular formula is C25H22F4N4O2. The van der Waals surface area contributed by atoms with Crippen molar-refractivity contribution < 1.29 is 27.1 Å². The van der Waals surface area contributed by atoms with E-state index in [1.165, 1.54) is 25.2 Å². The van der Waals surface area contributed by atoms with Crippen LogP contribution in [0.5, 0.6) is 5.88 Å². The summed E-state index contributed by atoms with van der Waals surface area (Å²) in [6.07, 6.45) is -3.35. The first-order valence-electron chi connectivity index (χ1n) is 10.8. The van der Waals surface area contributed by atoms with E-state index in [0.29, 0.717) is 6.07 Å². The molecule has 2 aromatic carbocycles. The van der Waals surface area contributed by atoms with Gasteiger partial charge in [-0.05, 0) is 36.1 Å². The van der Waals surface area contributed by atoms with E-state index in [1.807, 2.05) is 24.3 Å². The predicted molar refractivity (Wildman–Crippen MR) is 122 cm³/mol. The summed E-state index contributed by atoms with van der Waals surface area (Å²) in [6, 6.07) is 13.2. The maximum absolute atomic E-state index is 14.2. The number of fused-ring (bicyclic) bond motifs is 1. The van der Waals surface area contributed by atoms with Crippen LogP contribution in [0.1, 0.15) is 40.3 Å². The van der Waals surface area contributed by atoms with Crippen molar-refractivity contribution in [2.45, 2.75) is 25.1 Å². The maximum atomic E-state index is 14.2. The van der Waals surface area contributed by atoms with E-state index in [-0.39, 0.29) is 17.4 Å². The maximum Gasteiger partial charge on any atom is 0.417 e. The highest BCUT2D eigenvalue weighted by Gasteiger charge is 2.38. The molecule has 1 heterocycles. The van der Waals surface area contributed by atoms with Gasteiger partial charge in [-0.2, -0.15) is 18.2 Å². The Bertz CT molecular complexity index is 1280. The lowest BCUT2D eigenvalue weighted by Gasteiger charge is -2.19. The van der Waals surface area contributed by atoms with E-state index in [1.54, 1.807) is 0 Å². The van der Waals surface area contributed by atoms with Crippen molar-refractivity contribution in [2.24, 2.45) is 0 Å². The topological polar surface area (TPSA) is 87.1 Å². The average molecular weight is 486 g/mol. The van der Waals surface area contributed by atoms with E-state index in [2.05, 4.69) is 15.6 Å². The first-order valence-corrected chi connectivity index (χ1v) is 10.8. The molecule has 1 aromatic heterocycles. The number of anilines is 1. The van der Waals surface area contributed by atoms with E-state index >= 15 is 0 Å². The van der Waals surface area contributed by atoms with Crippen LogP contribution in [0.15, 0.2) is 54.6 Å². The Morgan fingerprint density at radius 2 is 1.89 bits per heavy atom. The highest BCUT2D eigenvalue weighted by Crippen LogP contribution is 2.38. The normalized spacial score (nSPS) is 14.8. The van der Waals surface area contributed by atoms with Crippen molar-refractivity contribution in [2.75, 3.05) is 19.0 Å². The lowest BCUT2D eigenvalue weighted by Crippen LogP contribution is -2.32. The predicted octanol–water partition coefficient (Wildman–Crippen LogP) is 4.88. The lowest BCUT2D eigenvalue weighted by molar-refractivity contribution is -0.137. The second-order valence-electron chi connectivity index (χ2n) is 7.98. The molecule has 35 heavy (non-hydrogen) atoms.